The summed E-state index contributed by atoms with van der Waals surface area (Å²) in [6, 6.07) is 6.74. The van der Waals surface area contributed by atoms with Crippen LogP contribution in [-0.2, 0) is 20.9 Å². The molecule has 164 valence electrons. The third-order valence-electron chi connectivity index (χ3n) is 4.37. The molecule has 0 bridgehead atoms. The molecule has 0 spiro atoms. The molecule has 1 aromatic carbocycles. The van der Waals surface area contributed by atoms with Crippen LogP contribution in [0, 0.1) is 0 Å². The summed E-state index contributed by atoms with van der Waals surface area (Å²) in [5.41, 5.74) is 7.57. The van der Waals surface area contributed by atoms with Gasteiger partial charge in [-0.05, 0) is 23.6 Å². The molecule has 1 saturated heterocycles. The highest BCUT2D eigenvalue weighted by atomic mass is 35.5. The lowest BCUT2D eigenvalue weighted by atomic mass is 10.0. The first-order chi connectivity index (χ1) is 14.3. The molecule has 1 aliphatic rings. The van der Waals surface area contributed by atoms with Crippen molar-refractivity contribution in [3.8, 4) is 0 Å². The Kier molecular flexibility index (Phi) is 9.99. The number of hydrogen-bond donors (Lipinski definition) is 4. The van der Waals surface area contributed by atoms with E-state index in [2.05, 4.69) is 10.2 Å². The highest BCUT2D eigenvalue weighted by molar-refractivity contribution is 8.77. The number of carboxylic acids is 2. The Morgan fingerprint density at radius 3 is 2.73 bits per heavy atom. The van der Waals surface area contributed by atoms with Gasteiger partial charge in [-0.15, -0.1) is 0 Å². The van der Waals surface area contributed by atoms with Crippen molar-refractivity contribution in [2.45, 2.75) is 24.3 Å². The Bertz CT molecular complexity index is 808. The zero-order valence-electron chi connectivity index (χ0n) is 16.1. The molecule has 1 fully saturated rings. The molecule has 2 rings (SSSR count). The van der Waals surface area contributed by atoms with Crippen LogP contribution in [0.1, 0.15) is 12.0 Å². The first-order valence-electron chi connectivity index (χ1n) is 9.18. The van der Waals surface area contributed by atoms with E-state index in [1.54, 1.807) is 0 Å². The molecule has 2 atom stereocenters. The van der Waals surface area contributed by atoms with Crippen molar-refractivity contribution in [1.29, 1.82) is 0 Å². The molecule has 1 heterocycles. The van der Waals surface area contributed by atoms with Crippen molar-refractivity contribution in [2.75, 3.05) is 25.4 Å². The molecule has 8 nitrogen and oxygen atoms in total. The van der Waals surface area contributed by atoms with E-state index >= 15 is 0 Å². The number of nitrogens with zero attached hydrogens (tertiary/aromatic N) is 1. The minimum absolute atomic E-state index is 0.0112. The molecule has 1 aliphatic heterocycles. The van der Waals surface area contributed by atoms with Gasteiger partial charge in [-0.2, -0.15) is 0 Å². The molecule has 0 saturated carbocycles. The number of hydrogen-bond acceptors (Lipinski definition) is 7. The van der Waals surface area contributed by atoms with Crippen LogP contribution in [0.3, 0.4) is 0 Å². The Hall–Kier alpha value is -1.72. The van der Waals surface area contributed by atoms with E-state index in [9.17, 15) is 19.5 Å². The van der Waals surface area contributed by atoms with Gasteiger partial charge in [0.1, 0.15) is 6.54 Å². The van der Waals surface area contributed by atoms with E-state index in [0.29, 0.717) is 18.1 Å². The van der Waals surface area contributed by atoms with Crippen LogP contribution in [0.4, 0.5) is 0 Å². The van der Waals surface area contributed by atoms with Crippen molar-refractivity contribution in [1.82, 2.24) is 10.2 Å². The molecular weight excluding hydrogens is 450 g/mol. The van der Waals surface area contributed by atoms with Crippen LogP contribution in [-0.4, -0.2) is 69.6 Å². The molecule has 11 heteroatoms. The number of benzene rings is 1. The SMILES string of the molecule is NC(CSSC1CCN(Cc2ccccc2Cl)CC1=CC(=O)O)C(=O)NCC(=O)O. The summed E-state index contributed by atoms with van der Waals surface area (Å²) >= 11 is 6.24. The largest absolute Gasteiger partial charge is 0.480 e. The number of aliphatic carboxylic acids is 2. The van der Waals surface area contributed by atoms with Gasteiger partial charge in [0.05, 0.1) is 6.04 Å². The second-order valence-electron chi connectivity index (χ2n) is 6.74. The molecular formula is C19H24ClN3O5S2. The Morgan fingerprint density at radius 1 is 1.33 bits per heavy atom. The molecule has 1 amide bonds. The summed E-state index contributed by atoms with van der Waals surface area (Å²) in [6.07, 6.45) is 2.00. The minimum Gasteiger partial charge on any atom is -0.480 e. The molecule has 2 unspecified atom stereocenters. The molecule has 5 N–H and O–H groups in total. The quantitative estimate of drug-likeness (QED) is 0.296. The van der Waals surface area contributed by atoms with Crippen molar-refractivity contribution < 1.29 is 24.6 Å². The van der Waals surface area contributed by atoms with Crippen molar-refractivity contribution >= 4 is 51.0 Å². The zero-order valence-corrected chi connectivity index (χ0v) is 18.5. The molecule has 0 aromatic heterocycles. The molecule has 30 heavy (non-hydrogen) atoms. The van der Waals surface area contributed by atoms with Gasteiger partial charge in [0.25, 0.3) is 0 Å². The monoisotopic (exact) mass is 473 g/mol. The average Bonchev–Trinajstić information content (AvgIpc) is 2.68. The lowest BCUT2D eigenvalue weighted by Crippen LogP contribution is -2.44. The van der Waals surface area contributed by atoms with Crippen molar-refractivity contribution in [3.05, 3.63) is 46.5 Å². The Labute approximate surface area is 187 Å². The number of nitrogens with one attached hydrogen (secondary N) is 1. The van der Waals surface area contributed by atoms with Gasteiger partial charge >= 0.3 is 11.9 Å². The third kappa shape index (κ3) is 8.19. The fourth-order valence-corrected chi connectivity index (χ4v) is 5.93. The fraction of sp³-hybridized carbons (Fsp3) is 0.421. The van der Waals surface area contributed by atoms with Crippen molar-refractivity contribution in [3.63, 3.8) is 0 Å². The van der Waals surface area contributed by atoms with Gasteiger partial charge in [0, 0.05) is 41.7 Å². The standard InChI is InChI=1S/C19H24ClN3O5S2/c20-14-4-2-1-3-12(14)9-23-6-5-16(13(10-23)7-17(24)25)30-29-11-15(21)19(28)22-8-18(26)27/h1-4,7,15-16H,5-6,8-11,21H2,(H,22,28)(H,24,25)(H,26,27). The summed E-state index contributed by atoms with van der Waals surface area (Å²) in [5, 5.41) is 20.8. The fourth-order valence-electron chi connectivity index (χ4n) is 2.90. The Morgan fingerprint density at radius 2 is 2.07 bits per heavy atom. The van der Waals surface area contributed by atoms with Gasteiger partial charge in [-0.25, -0.2) is 4.79 Å². The predicted molar refractivity (Wildman–Crippen MR) is 120 cm³/mol. The second-order valence-corrected chi connectivity index (χ2v) is 9.76. The summed E-state index contributed by atoms with van der Waals surface area (Å²) < 4.78 is 0. The number of carbonyl (C=O) groups excluding carboxylic acids is 1. The van der Waals surface area contributed by atoms with Crippen LogP contribution in [0.25, 0.3) is 0 Å². The summed E-state index contributed by atoms with van der Waals surface area (Å²) in [5.74, 6) is -2.37. The minimum atomic E-state index is -1.13. The van der Waals surface area contributed by atoms with Gasteiger partial charge in [0.2, 0.25) is 5.91 Å². The van der Waals surface area contributed by atoms with Crippen LogP contribution in [0.5, 0.6) is 0 Å². The van der Waals surface area contributed by atoms with E-state index in [-0.39, 0.29) is 11.0 Å². The molecule has 0 aliphatic carbocycles. The lowest BCUT2D eigenvalue weighted by molar-refractivity contribution is -0.138. The maximum absolute atomic E-state index is 11.8. The second kappa shape index (κ2) is 12.2. The maximum atomic E-state index is 11.8. The molecule has 0 radical (unpaired) electrons. The summed E-state index contributed by atoms with van der Waals surface area (Å²) in [7, 11) is 2.86. The first kappa shape index (κ1) is 24.5. The number of carboxylic acid groups (broad SMARTS) is 2. The lowest BCUT2D eigenvalue weighted by Gasteiger charge is -2.34. The van der Waals surface area contributed by atoms with Crippen molar-refractivity contribution in [2.24, 2.45) is 5.73 Å². The van der Waals surface area contributed by atoms with Crippen LogP contribution in [0.2, 0.25) is 5.02 Å². The number of likely N-dealkylation sites (tertiary alicyclic amines) is 1. The van der Waals surface area contributed by atoms with E-state index in [0.717, 1.165) is 24.1 Å². The number of rotatable bonds is 10. The number of piperidine rings is 1. The normalized spacial score (nSPS) is 19.4. The van der Waals surface area contributed by atoms with Crippen LogP contribution in [0.15, 0.2) is 35.9 Å². The molecule has 1 aromatic rings. The van der Waals surface area contributed by atoms with E-state index < -0.39 is 30.4 Å². The van der Waals surface area contributed by atoms with E-state index in [1.807, 2.05) is 24.3 Å². The van der Waals surface area contributed by atoms with Crippen LogP contribution < -0.4 is 11.1 Å². The van der Waals surface area contributed by atoms with E-state index in [4.69, 9.17) is 22.4 Å². The number of amides is 1. The highest BCUT2D eigenvalue weighted by Crippen LogP contribution is 2.36. The number of halogens is 1. The smallest absolute Gasteiger partial charge is 0.328 e. The first-order valence-corrected chi connectivity index (χ1v) is 11.9. The van der Waals surface area contributed by atoms with Gasteiger partial charge in [-0.1, -0.05) is 51.4 Å². The topological polar surface area (TPSA) is 133 Å². The zero-order chi connectivity index (χ0) is 22.1. The van der Waals surface area contributed by atoms with Gasteiger partial charge < -0.3 is 21.3 Å². The number of nitrogens with two attached hydrogens (primary N) is 1. The maximum Gasteiger partial charge on any atom is 0.328 e. The highest BCUT2D eigenvalue weighted by Gasteiger charge is 2.26. The summed E-state index contributed by atoms with van der Waals surface area (Å²) in [4.78, 5) is 35.7. The van der Waals surface area contributed by atoms with Gasteiger partial charge in [-0.3, -0.25) is 14.5 Å². The summed E-state index contributed by atoms with van der Waals surface area (Å²) in [6.45, 7) is 1.46. The average molecular weight is 474 g/mol. The van der Waals surface area contributed by atoms with Gasteiger partial charge in [0.15, 0.2) is 0 Å². The number of carbonyl (C=O) groups is 3. The Balaban J connectivity index is 1.89. The third-order valence-corrected chi connectivity index (χ3v) is 7.65. The van der Waals surface area contributed by atoms with Crippen LogP contribution >= 0.6 is 33.2 Å². The predicted octanol–water partition coefficient (Wildman–Crippen LogP) is 1.83. The van der Waals surface area contributed by atoms with E-state index in [1.165, 1.54) is 27.7 Å².